The van der Waals surface area contributed by atoms with Crippen molar-refractivity contribution in [2.24, 2.45) is 5.73 Å². The first-order valence-electron chi connectivity index (χ1n) is 7.84. The molecule has 2 rings (SSSR count). The van der Waals surface area contributed by atoms with Crippen molar-refractivity contribution in [3.8, 4) is 0 Å². The molecule has 0 radical (unpaired) electrons. The van der Waals surface area contributed by atoms with Crippen molar-refractivity contribution in [3.63, 3.8) is 0 Å². The fourth-order valence-corrected chi connectivity index (χ4v) is 3.55. The van der Waals surface area contributed by atoms with Crippen LogP contribution >= 0.6 is 0 Å². The predicted octanol–water partition coefficient (Wildman–Crippen LogP) is 2.75. The van der Waals surface area contributed by atoms with Crippen LogP contribution in [0.15, 0.2) is 24.5 Å². The molecule has 2 N–H and O–H groups in total. The van der Waals surface area contributed by atoms with Gasteiger partial charge in [0.2, 0.25) is 0 Å². The van der Waals surface area contributed by atoms with Crippen molar-refractivity contribution < 1.29 is 4.74 Å². The highest BCUT2D eigenvalue weighted by atomic mass is 16.5. The largest absolute Gasteiger partial charge is 0.367 e. The van der Waals surface area contributed by atoms with Crippen molar-refractivity contribution >= 4 is 0 Å². The van der Waals surface area contributed by atoms with Gasteiger partial charge in [0.1, 0.15) is 0 Å². The quantitative estimate of drug-likeness (QED) is 0.927. The van der Waals surface area contributed by atoms with E-state index in [9.17, 15) is 0 Å². The molecule has 0 bridgehead atoms. The third-order valence-corrected chi connectivity index (χ3v) is 4.02. The number of nitrogens with zero attached hydrogens (tertiary/aromatic N) is 2. The van der Waals surface area contributed by atoms with Gasteiger partial charge in [-0.3, -0.25) is 9.88 Å². The molecular weight excluding hydrogens is 262 g/mol. The SMILES string of the molecule is CCC(N)C(c1cccnc1)N1CC(C)(C)OC(C)(C)C1. The smallest absolute Gasteiger partial charge is 0.0761 e. The molecule has 1 fully saturated rings. The third kappa shape index (κ3) is 4.02. The van der Waals surface area contributed by atoms with E-state index in [0.717, 1.165) is 19.5 Å². The van der Waals surface area contributed by atoms with Crippen LogP contribution in [-0.4, -0.2) is 40.2 Å². The molecular formula is C17H29N3O. The van der Waals surface area contributed by atoms with Gasteiger partial charge in [-0.15, -0.1) is 0 Å². The maximum Gasteiger partial charge on any atom is 0.0761 e. The highest BCUT2D eigenvalue weighted by Gasteiger charge is 2.42. The Morgan fingerprint density at radius 3 is 2.38 bits per heavy atom. The maximum absolute atomic E-state index is 6.45. The summed E-state index contributed by atoms with van der Waals surface area (Å²) in [4.78, 5) is 6.74. The summed E-state index contributed by atoms with van der Waals surface area (Å²) in [7, 11) is 0. The number of nitrogens with two attached hydrogens (primary N) is 1. The van der Waals surface area contributed by atoms with E-state index in [1.807, 2.05) is 18.5 Å². The fraction of sp³-hybridized carbons (Fsp3) is 0.706. The number of pyridine rings is 1. The van der Waals surface area contributed by atoms with Gasteiger partial charge in [0.25, 0.3) is 0 Å². The van der Waals surface area contributed by atoms with E-state index in [-0.39, 0.29) is 23.3 Å². The normalized spacial score (nSPS) is 24.5. The average molecular weight is 291 g/mol. The molecule has 1 aromatic rings. The molecule has 1 aliphatic rings. The zero-order valence-corrected chi connectivity index (χ0v) is 14.0. The molecule has 4 nitrogen and oxygen atoms in total. The van der Waals surface area contributed by atoms with Crippen LogP contribution in [0.3, 0.4) is 0 Å². The summed E-state index contributed by atoms with van der Waals surface area (Å²) in [6.45, 7) is 12.5. The van der Waals surface area contributed by atoms with E-state index in [2.05, 4.69) is 50.6 Å². The van der Waals surface area contributed by atoms with Gasteiger partial charge in [-0.2, -0.15) is 0 Å². The summed E-state index contributed by atoms with van der Waals surface area (Å²) in [5.41, 5.74) is 7.30. The van der Waals surface area contributed by atoms with E-state index in [0.29, 0.717) is 0 Å². The van der Waals surface area contributed by atoms with Crippen LogP contribution in [0.25, 0.3) is 0 Å². The molecule has 1 aromatic heterocycles. The van der Waals surface area contributed by atoms with Crippen LogP contribution in [0.5, 0.6) is 0 Å². The third-order valence-electron chi connectivity index (χ3n) is 4.02. The van der Waals surface area contributed by atoms with Crippen molar-refractivity contribution in [3.05, 3.63) is 30.1 Å². The van der Waals surface area contributed by atoms with Gasteiger partial charge < -0.3 is 10.5 Å². The second kappa shape index (κ2) is 6.03. The Kier molecular flexibility index (Phi) is 4.71. The minimum absolute atomic E-state index is 0.0962. The standard InChI is InChI=1S/C17H29N3O/c1-6-14(18)15(13-8-7-9-19-10-13)20-11-16(2,3)21-17(4,5)12-20/h7-10,14-15H,6,11-12,18H2,1-5H3. The van der Waals surface area contributed by atoms with E-state index in [1.165, 1.54) is 5.56 Å². The Morgan fingerprint density at radius 2 is 1.90 bits per heavy atom. The molecule has 0 spiro atoms. The Morgan fingerprint density at radius 1 is 1.29 bits per heavy atom. The highest BCUT2D eigenvalue weighted by molar-refractivity contribution is 5.17. The van der Waals surface area contributed by atoms with Crippen LogP contribution in [0.1, 0.15) is 52.6 Å². The molecule has 0 amide bonds. The minimum Gasteiger partial charge on any atom is -0.367 e. The molecule has 0 aliphatic carbocycles. The molecule has 2 unspecified atom stereocenters. The number of ether oxygens (including phenoxy) is 1. The second-order valence-electron chi connectivity index (χ2n) is 7.33. The Hall–Kier alpha value is -0.970. The van der Waals surface area contributed by atoms with Crippen molar-refractivity contribution in [2.45, 2.75) is 64.3 Å². The van der Waals surface area contributed by atoms with E-state index >= 15 is 0 Å². The first-order chi connectivity index (χ1) is 9.74. The van der Waals surface area contributed by atoms with Crippen molar-refractivity contribution in [1.82, 2.24) is 9.88 Å². The van der Waals surface area contributed by atoms with Gasteiger partial charge in [-0.25, -0.2) is 0 Å². The number of morpholine rings is 1. The molecule has 2 heterocycles. The van der Waals surface area contributed by atoms with E-state index < -0.39 is 0 Å². The van der Waals surface area contributed by atoms with Gasteiger partial charge in [-0.05, 0) is 45.7 Å². The summed E-state index contributed by atoms with van der Waals surface area (Å²) >= 11 is 0. The number of hydrogen-bond acceptors (Lipinski definition) is 4. The molecule has 1 saturated heterocycles. The first-order valence-corrected chi connectivity index (χ1v) is 7.84. The zero-order chi connectivity index (χ0) is 15.7. The van der Waals surface area contributed by atoms with Crippen LogP contribution in [0, 0.1) is 0 Å². The molecule has 2 atom stereocenters. The lowest BCUT2D eigenvalue weighted by atomic mass is 9.91. The highest BCUT2D eigenvalue weighted by Crippen LogP contribution is 2.35. The van der Waals surface area contributed by atoms with Gasteiger partial charge in [0.05, 0.1) is 17.2 Å². The summed E-state index contributed by atoms with van der Waals surface area (Å²) in [6.07, 6.45) is 4.69. The van der Waals surface area contributed by atoms with Gasteiger partial charge in [-0.1, -0.05) is 13.0 Å². The summed E-state index contributed by atoms with van der Waals surface area (Å²) in [6, 6.07) is 4.40. The van der Waals surface area contributed by atoms with E-state index in [4.69, 9.17) is 10.5 Å². The van der Waals surface area contributed by atoms with Gasteiger partial charge in [0, 0.05) is 31.5 Å². The van der Waals surface area contributed by atoms with Crippen LogP contribution < -0.4 is 5.73 Å². The minimum atomic E-state index is -0.171. The summed E-state index contributed by atoms with van der Waals surface area (Å²) < 4.78 is 6.19. The molecule has 1 aliphatic heterocycles. The lowest BCUT2D eigenvalue weighted by Crippen LogP contribution is -2.59. The van der Waals surface area contributed by atoms with Gasteiger partial charge >= 0.3 is 0 Å². The molecule has 0 aromatic carbocycles. The number of rotatable bonds is 4. The van der Waals surface area contributed by atoms with Crippen LogP contribution in [0.2, 0.25) is 0 Å². The Labute approximate surface area is 128 Å². The van der Waals surface area contributed by atoms with Crippen LogP contribution in [0.4, 0.5) is 0 Å². The average Bonchev–Trinajstić information content (AvgIpc) is 2.36. The Balaban J connectivity index is 2.33. The second-order valence-corrected chi connectivity index (χ2v) is 7.33. The molecule has 4 heteroatoms. The van der Waals surface area contributed by atoms with Crippen molar-refractivity contribution in [2.75, 3.05) is 13.1 Å². The number of hydrogen-bond donors (Lipinski definition) is 1. The van der Waals surface area contributed by atoms with E-state index in [1.54, 1.807) is 0 Å². The molecule has 21 heavy (non-hydrogen) atoms. The topological polar surface area (TPSA) is 51.4 Å². The molecule has 118 valence electrons. The first kappa shape index (κ1) is 16.4. The van der Waals surface area contributed by atoms with Crippen molar-refractivity contribution in [1.29, 1.82) is 0 Å². The summed E-state index contributed by atoms with van der Waals surface area (Å²) in [5, 5.41) is 0. The monoisotopic (exact) mass is 291 g/mol. The predicted molar refractivity (Wildman–Crippen MR) is 86.1 cm³/mol. The van der Waals surface area contributed by atoms with Crippen LogP contribution in [-0.2, 0) is 4.74 Å². The van der Waals surface area contributed by atoms with Gasteiger partial charge in [0.15, 0.2) is 0 Å². The Bertz CT molecular complexity index is 442. The maximum atomic E-state index is 6.45. The lowest BCUT2D eigenvalue weighted by Gasteiger charge is -2.50. The summed E-state index contributed by atoms with van der Waals surface area (Å²) in [5.74, 6) is 0. The zero-order valence-electron chi connectivity index (χ0n) is 14.0. The number of aromatic nitrogens is 1. The molecule has 0 saturated carbocycles. The lowest BCUT2D eigenvalue weighted by molar-refractivity contribution is -0.189. The fourth-order valence-electron chi connectivity index (χ4n) is 3.55.